The Morgan fingerprint density at radius 1 is 1.30 bits per heavy atom. The Hall–Kier alpha value is -1.58. The van der Waals surface area contributed by atoms with Gasteiger partial charge in [-0.1, -0.05) is 23.2 Å². The number of hydrogen-bond acceptors (Lipinski definition) is 3. The van der Waals surface area contributed by atoms with Crippen LogP contribution in [-0.4, -0.2) is 17.4 Å². The molecule has 1 aliphatic heterocycles. The van der Waals surface area contributed by atoms with Crippen molar-refractivity contribution in [2.45, 2.75) is 12.8 Å². The van der Waals surface area contributed by atoms with Crippen molar-refractivity contribution in [3.63, 3.8) is 0 Å². The van der Waals surface area contributed by atoms with Crippen LogP contribution in [0.4, 0.5) is 0 Å². The average Bonchev–Trinajstić information content (AvgIpc) is 2.86. The molecule has 0 atom stereocenters. The number of hydrogen-bond donors (Lipinski definition) is 0. The molecule has 0 spiro atoms. The number of fused-ring (bicyclic) bond motifs is 1. The van der Waals surface area contributed by atoms with Gasteiger partial charge in [-0.15, -0.1) is 0 Å². The van der Waals surface area contributed by atoms with Gasteiger partial charge in [-0.3, -0.25) is 4.79 Å². The zero-order valence-corrected chi connectivity index (χ0v) is 12.0. The number of carbonyl (C=O) groups excluding carboxylic acids is 1. The van der Waals surface area contributed by atoms with Crippen molar-refractivity contribution >= 4 is 29.0 Å². The van der Waals surface area contributed by atoms with Crippen LogP contribution in [-0.2, 0) is 12.8 Å². The standard InChI is InChI=1S/C15H11Cl2NO2/c16-12-5-10-2-4-20-15(10)11(6-12)7-13(19)9-1-3-18-14(17)8-9/h1,3,5-6,8H,2,4,7H2. The van der Waals surface area contributed by atoms with Crippen molar-refractivity contribution in [3.05, 3.63) is 57.3 Å². The van der Waals surface area contributed by atoms with E-state index in [2.05, 4.69) is 4.98 Å². The molecule has 2 heterocycles. The molecule has 1 aliphatic rings. The molecule has 0 radical (unpaired) electrons. The van der Waals surface area contributed by atoms with Crippen LogP contribution in [0.5, 0.6) is 5.75 Å². The van der Waals surface area contributed by atoms with E-state index in [1.807, 2.05) is 6.07 Å². The van der Waals surface area contributed by atoms with Gasteiger partial charge in [0.05, 0.1) is 6.61 Å². The lowest BCUT2D eigenvalue weighted by molar-refractivity contribution is 0.0992. The van der Waals surface area contributed by atoms with Gasteiger partial charge < -0.3 is 4.74 Å². The first kappa shape index (κ1) is 13.4. The summed E-state index contributed by atoms with van der Waals surface area (Å²) < 4.78 is 5.60. The van der Waals surface area contributed by atoms with Gasteiger partial charge in [0.15, 0.2) is 5.78 Å². The summed E-state index contributed by atoms with van der Waals surface area (Å²) in [7, 11) is 0. The number of ether oxygens (including phenoxy) is 1. The lowest BCUT2D eigenvalue weighted by atomic mass is 10.0. The third kappa shape index (κ3) is 2.65. The molecule has 20 heavy (non-hydrogen) atoms. The Balaban J connectivity index is 1.90. The molecule has 0 saturated carbocycles. The Kier molecular flexibility index (Phi) is 3.64. The lowest BCUT2D eigenvalue weighted by Crippen LogP contribution is -2.05. The fourth-order valence-electron chi connectivity index (χ4n) is 2.33. The molecule has 1 aromatic carbocycles. The smallest absolute Gasteiger partial charge is 0.167 e. The summed E-state index contributed by atoms with van der Waals surface area (Å²) in [5, 5.41) is 0.938. The minimum Gasteiger partial charge on any atom is -0.493 e. The lowest BCUT2D eigenvalue weighted by Gasteiger charge is -2.08. The summed E-state index contributed by atoms with van der Waals surface area (Å²) in [4.78, 5) is 16.2. The Bertz CT molecular complexity index is 686. The first-order valence-electron chi connectivity index (χ1n) is 6.22. The second kappa shape index (κ2) is 5.43. The second-order valence-electron chi connectivity index (χ2n) is 4.62. The highest BCUT2D eigenvalue weighted by atomic mass is 35.5. The summed E-state index contributed by atoms with van der Waals surface area (Å²) in [6, 6.07) is 6.89. The van der Waals surface area contributed by atoms with Gasteiger partial charge >= 0.3 is 0 Å². The predicted molar refractivity (Wildman–Crippen MR) is 77.9 cm³/mol. The molecule has 0 bridgehead atoms. The van der Waals surface area contributed by atoms with Gasteiger partial charge in [0.25, 0.3) is 0 Å². The zero-order chi connectivity index (χ0) is 14.1. The third-order valence-corrected chi connectivity index (χ3v) is 3.65. The Morgan fingerprint density at radius 3 is 2.95 bits per heavy atom. The third-order valence-electron chi connectivity index (χ3n) is 3.22. The van der Waals surface area contributed by atoms with Gasteiger partial charge in [-0.2, -0.15) is 0 Å². The monoisotopic (exact) mass is 307 g/mol. The highest BCUT2D eigenvalue weighted by Gasteiger charge is 2.20. The number of pyridine rings is 1. The van der Waals surface area contributed by atoms with Crippen molar-refractivity contribution in [3.8, 4) is 5.75 Å². The summed E-state index contributed by atoms with van der Waals surface area (Å²) in [5.41, 5.74) is 2.42. The van der Waals surface area contributed by atoms with Crippen LogP contribution in [0.25, 0.3) is 0 Å². The molecule has 3 rings (SSSR count). The quantitative estimate of drug-likeness (QED) is 0.640. The maximum Gasteiger partial charge on any atom is 0.167 e. The fraction of sp³-hybridized carbons (Fsp3) is 0.200. The molecule has 5 heteroatoms. The molecule has 2 aromatic rings. The SMILES string of the molecule is O=C(Cc1cc(Cl)cc2c1OCC2)c1ccnc(Cl)c1. The molecule has 1 aromatic heterocycles. The molecule has 102 valence electrons. The highest BCUT2D eigenvalue weighted by molar-refractivity contribution is 6.31. The number of ketones is 1. The van der Waals surface area contributed by atoms with Gasteiger partial charge in [0, 0.05) is 35.2 Å². The number of Topliss-reactive ketones (excluding diaryl/α,β-unsaturated/α-hetero) is 1. The normalized spacial score (nSPS) is 12.9. The minimum absolute atomic E-state index is 0.0331. The minimum atomic E-state index is -0.0331. The van der Waals surface area contributed by atoms with Gasteiger partial charge in [-0.05, 0) is 29.8 Å². The van der Waals surface area contributed by atoms with Crippen molar-refractivity contribution in [1.82, 2.24) is 4.98 Å². The van der Waals surface area contributed by atoms with E-state index in [1.165, 1.54) is 6.20 Å². The number of benzene rings is 1. The number of rotatable bonds is 3. The van der Waals surface area contributed by atoms with Crippen LogP contribution in [0.3, 0.4) is 0 Å². The Labute approximate surface area is 126 Å². The van der Waals surface area contributed by atoms with Crippen LogP contribution in [0, 0.1) is 0 Å². The molecule has 0 unspecified atom stereocenters. The molecule has 0 amide bonds. The van der Waals surface area contributed by atoms with Gasteiger partial charge in [0.2, 0.25) is 0 Å². The average molecular weight is 308 g/mol. The topological polar surface area (TPSA) is 39.2 Å². The number of nitrogens with zero attached hydrogens (tertiary/aromatic N) is 1. The summed E-state index contributed by atoms with van der Waals surface area (Å²) in [5.74, 6) is 0.761. The fourth-order valence-corrected chi connectivity index (χ4v) is 2.77. The van der Waals surface area contributed by atoms with Crippen molar-refractivity contribution in [2.24, 2.45) is 0 Å². The van der Waals surface area contributed by atoms with Crippen LogP contribution in [0.1, 0.15) is 21.5 Å². The highest BCUT2D eigenvalue weighted by Crippen LogP contribution is 2.33. The van der Waals surface area contributed by atoms with E-state index in [1.54, 1.807) is 18.2 Å². The number of carbonyl (C=O) groups is 1. The van der Waals surface area contributed by atoms with E-state index in [4.69, 9.17) is 27.9 Å². The van der Waals surface area contributed by atoms with E-state index in [0.29, 0.717) is 22.3 Å². The second-order valence-corrected chi connectivity index (χ2v) is 5.44. The van der Waals surface area contributed by atoms with E-state index in [9.17, 15) is 4.79 Å². The van der Waals surface area contributed by atoms with E-state index >= 15 is 0 Å². The summed E-state index contributed by atoms with van der Waals surface area (Å²) in [6.07, 6.45) is 2.59. The first-order valence-corrected chi connectivity index (χ1v) is 6.98. The summed E-state index contributed by atoms with van der Waals surface area (Å²) >= 11 is 11.9. The maximum absolute atomic E-state index is 12.3. The van der Waals surface area contributed by atoms with E-state index in [0.717, 1.165) is 23.3 Å². The van der Waals surface area contributed by atoms with Gasteiger partial charge in [0.1, 0.15) is 10.9 Å². The van der Waals surface area contributed by atoms with Crippen LogP contribution < -0.4 is 4.74 Å². The van der Waals surface area contributed by atoms with Crippen LogP contribution in [0.2, 0.25) is 10.2 Å². The van der Waals surface area contributed by atoms with Crippen molar-refractivity contribution < 1.29 is 9.53 Å². The van der Waals surface area contributed by atoms with E-state index in [-0.39, 0.29) is 12.2 Å². The number of halogens is 2. The van der Waals surface area contributed by atoms with Crippen LogP contribution in [0.15, 0.2) is 30.5 Å². The molecule has 0 aliphatic carbocycles. The molecular weight excluding hydrogens is 297 g/mol. The summed E-state index contributed by atoms with van der Waals surface area (Å²) in [6.45, 7) is 0.637. The molecule has 0 N–H and O–H groups in total. The first-order chi connectivity index (χ1) is 9.63. The molecule has 0 saturated heterocycles. The van der Waals surface area contributed by atoms with Crippen molar-refractivity contribution in [1.29, 1.82) is 0 Å². The van der Waals surface area contributed by atoms with Crippen LogP contribution >= 0.6 is 23.2 Å². The van der Waals surface area contributed by atoms with E-state index < -0.39 is 0 Å². The Morgan fingerprint density at radius 2 is 2.15 bits per heavy atom. The molecule has 0 fully saturated rings. The van der Waals surface area contributed by atoms with Crippen molar-refractivity contribution in [2.75, 3.05) is 6.61 Å². The molecular formula is C15H11Cl2NO2. The number of aromatic nitrogens is 1. The predicted octanol–water partition coefficient (Wildman–Crippen LogP) is 3.75. The largest absolute Gasteiger partial charge is 0.493 e. The zero-order valence-electron chi connectivity index (χ0n) is 10.5. The van der Waals surface area contributed by atoms with Gasteiger partial charge in [-0.25, -0.2) is 4.98 Å². The maximum atomic E-state index is 12.3. The molecule has 3 nitrogen and oxygen atoms in total.